The fourth-order valence-electron chi connectivity index (χ4n) is 1.90. The van der Waals surface area contributed by atoms with Gasteiger partial charge >= 0.3 is 6.18 Å². The van der Waals surface area contributed by atoms with Gasteiger partial charge < -0.3 is 5.32 Å². The lowest BCUT2D eigenvalue weighted by Gasteiger charge is -2.17. The van der Waals surface area contributed by atoms with E-state index in [0.717, 1.165) is 30.7 Å². The first-order valence-electron chi connectivity index (χ1n) is 6.28. The molecule has 20 heavy (non-hydrogen) atoms. The molecular formula is C13H15F3N4. The molecule has 0 amide bonds. The van der Waals surface area contributed by atoms with E-state index in [2.05, 4.69) is 20.7 Å². The summed E-state index contributed by atoms with van der Waals surface area (Å²) in [5.41, 5.74) is 0.717. The fraction of sp³-hybridized carbons (Fsp3) is 0.385. The second kappa shape index (κ2) is 6.04. The first-order chi connectivity index (χ1) is 9.52. The summed E-state index contributed by atoms with van der Waals surface area (Å²) in [6.07, 6.45) is -1.85. The van der Waals surface area contributed by atoms with Gasteiger partial charge in [-0.3, -0.25) is 0 Å². The van der Waals surface area contributed by atoms with Crippen LogP contribution in [0.15, 0.2) is 30.5 Å². The molecule has 0 radical (unpaired) electrons. The summed E-state index contributed by atoms with van der Waals surface area (Å²) >= 11 is 0. The van der Waals surface area contributed by atoms with Crippen LogP contribution in [0.2, 0.25) is 0 Å². The van der Waals surface area contributed by atoms with Crippen LogP contribution in [-0.2, 0) is 6.18 Å². The zero-order valence-corrected chi connectivity index (χ0v) is 10.9. The summed E-state index contributed by atoms with van der Waals surface area (Å²) in [6, 6.07) is 4.82. The Bertz CT molecular complexity index is 520. The first kappa shape index (κ1) is 14.5. The van der Waals surface area contributed by atoms with Gasteiger partial charge in [0.15, 0.2) is 0 Å². The van der Waals surface area contributed by atoms with E-state index in [9.17, 15) is 13.2 Å². The Morgan fingerprint density at radius 1 is 1.25 bits per heavy atom. The molecule has 7 heteroatoms. The number of alkyl halides is 3. The maximum Gasteiger partial charge on any atom is 0.416 e. The zero-order valence-electron chi connectivity index (χ0n) is 10.9. The molecule has 0 saturated heterocycles. The summed E-state index contributed by atoms with van der Waals surface area (Å²) in [7, 11) is 0. The molecule has 0 fully saturated rings. The number of rotatable bonds is 5. The second-order valence-corrected chi connectivity index (χ2v) is 4.40. The van der Waals surface area contributed by atoms with Crippen LogP contribution in [0, 0.1) is 0 Å². The third-order valence-corrected chi connectivity index (χ3v) is 2.90. The predicted octanol–water partition coefficient (Wildman–Crippen LogP) is 2.91. The number of halogens is 3. The van der Waals surface area contributed by atoms with Crippen molar-refractivity contribution in [1.29, 1.82) is 0 Å². The fourth-order valence-corrected chi connectivity index (χ4v) is 1.90. The van der Waals surface area contributed by atoms with Gasteiger partial charge in [0, 0.05) is 0 Å². The minimum Gasteiger partial charge on any atom is -0.305 e. The minimum atomic E-state index is -4.32. The zero-order chi connectivity index (χ0) is 14.6. The summed E-state index contributed by atoms with van der Waals surface area (Å²) in [4.78, 5) is 0. The lowest BCUT2D eigenvalue weighted by Crippen LogP contribution is -2.23. The summed E-state index contributed by atoms with van der Waals surface area (Å²) < 4.78 is 37.7. The number of nitrogens with one attached hydrogen (secondary N) is 2. The van der Waals surface area contributed by atoms with Crippen LogP contribution in [0.25, 0.3) is 0 Å². The second-order valence-electron chi connectivity index (χ2n) is 4.40. The van der Waals surface area contributed by atoms with Crippen molar-refractivity contribution in [3.63, 3.8) is 0 Å². The SMILES string of the molecule is CCCNC(c1ccc(C(F)(F)F)cc1)c1cn[nH]n1. The van der Waals surface area contributed by atoms with Gasteiger partial charge in [-0.15, -0.1) is 0 Å². The number of H-pyrrole nitrogens is 1. The Hall–Kier alpha value is -1.89. The third kappa shape index (κ3) is 3.36. The average molecular weight is 284 g/mol. The molecule has 1 atom stereocenters. The van der Waals surface area contributed by atoms with Crippen molar-refractivity contribution in [2.45, 2.75) is 25.6 Å². The van der Waals surface area contributed by atoms with Crippen molar-refractivity contribution >= 4 is 0 Å². The smallest absolute Gasteiger partial charge is 0.305 e. The van der Waals surface area contributed by atoms with E-state index >= 15 is 0 Å². The molecule has 1 aromatic carbocycles. The highest BCUT2D eigenvalue weighted by Crippen LogP contribution is 2.30. The number of hydrogen-bond donors (Lipinski definition) is 2. The van der Waals surface area contributed by atoms with Gasteiger partial charge in [-0.1, -0.05) is 19.1 Å². The van der Waals surface area contributed by atoms with Gasteiger partial charge in [0.2, 0.25) is 0 Å². The van der Waals surface area contributed by atoms with Crippen LogP contribution < -0.4 is 5.32 Å². The number of aromatic nitrogens is 3. The van der Waals surface area contributed by atoms with Crippen molar-refractivity contribution in [3.8, 4) is 0 Å². The Labute approximate surface area is 114 Å². The van der Waals surface area contributed by atoms with Crippen LogP contribution in [0.3, 0.4) is 0 Å². The van der Waals surface area contributed by atoms with Crippen LogP contribution in [-0.4, -0.2) is 22.0 Å². The van der Waals surface area contributed by atoms with Crippen LogP contribution in [0.1, 0.15) is 36.2 Å². The van der Waals surface area contributed by atoms with Gasteiger partial charge in [-0.2, -0.15) is 28.6 Å². The van der Waals surface area contributed by atoms with Crippen molar-refractivity contribution in [3.05, 3.63) is 47.3 Å². The van der Waals surface area contributed by atoms with Gasteiger partial charge in [0.1, 0.15) is 5.69 Å². The topological polar surface area (TPSA) is 53.6 Å². The molecule has 0 aliphatic heterocycles. The molecule has 0 spiro atoms. The van der Waals surface area contributed by atoms with Crippen molar-refractivity contribution < 1.29 is 13.2 Å². The molecule has 4 nitrogen and oxygen atoms in total. The molecule has 2 aromatic rings. The van der Waals surface area contributed by atoms with E-state index in [0.29, 0.717) is 5.69 Å². The van der Waals surface area contributed by atoms with E-state index < -0.39 is 11.7 Å². The maximum absolute atomic E-state index is 12.6. The van der Waals surface area contributed by atoms with E-state index in [1.54, 1.807) is 6.20 Å². The number of benzene rings is 1. The molecule has 1 aromatic heterocycles. The van der Waals surface area contributed by atoms with Crippen molar-refractivity contribution in [1.82, 2.24) is 20.7 Å². The average Bonchev–Trinajstić information content (AvgIpc) is 2.93. The van der Waals surface area contributed by atoms with Crippen molar-refractivity contribution in [2.75, 3.05) is 6.54 Å². The predicted molar refractivity (Wildman–Crippen MR) is 68.0 cm³/mol. The summed E-state index contributed by atoms with van der Waals surface area (Å²) in [5, 5.41) is 13.5. The number of nitrogens with zero attached hydrogens (tertiary/aromatic N) is 2. The standard InChI is InChI=1S/C13H15F3N4/c1-2-7-17-12(11-8-18-20-19-11)9-3-5-10(6-4-9)13(14,15)16/h3-6,8,12,17H,2,7H2,1H3,(H,18,19,20). The van der Waals surface area contributed by atoms with Crippen molar-refractivity contribution in [2.24, 2.45) is 0 Å². The Morgan fingerprint density at radius 3 is 2.45 bits per heavy atom. The molecule has 0 aliphatic carbocycles. The van der Waals surface area contributed by atoms with Gasteiger partial charge in [-0.25, -0.2) is 0 Å². The highest BCUT2D eigenvalue weighted by atomic mass is 19.4. The summed E-state index contributed by atoms with van der Waals surface area (Å²) in [5.74, 6) is 0. The lowest BCUT2D eigenvalue weighted by atomic mass is 10.0. The number of hydrogen-bond acceptors (Lipinski definition) is 3. The third-order valence-electron chi connectivity index (χ3n) is 2.90. The monoisotopic (exact) mass is 284 g/mol. The Balaban J connectivity index is 2.25. The van der Waals surface area contributed by atoms with Crippen LogP contribution in [0.4, 0.5) is 13.2 Å². The van der Waals surface area contributed by atoms with Crippen LogP contribution in [0.5, 0.6) is 0 Å². The number of aromatic amines is 1. The quantitative estimate of drug-likeness (QED) is 0.887. The molecular weight excluding hydrogens is 269 g/mol. The molecule has 108 valence electrons. The largest absolute Gasteiger partial charge is 0.416 e. The molecule has 1 heterocycles. The molecule has 0 aliphatic rings. The first-order valence-corrected chi connectivity index (χ1v) is 6.28. The Morgan fingerprint density at radius 2 is 1.95 bits per heavy atom. The molecule has 0 saturated carbocycles. The van der Waals surface area contributed by atoms with E-state index in [1.807, 2.05) is 6.92 Å². The van der Waals surface area contributed by atoms with E-state index in [1.165, 1.54) is 12.1 Å². The Kier molecular flexibility index (Phi) is 4.39. The van der Waals surface area contributed by atoms with Crippen LogP contribution >= 0.6 is 0 Å². The van der Waals surface area contributed by atoms with E-state index in [-0.39, 0.29) is 6.04 Å². The molecule has 2 N–H and O–H groups in total. The van der Waals surface area contributed by atoms with Gasteiger partial charge in [0.05, 0.1) is 17.8 Å². The van der Waals surface area contributed by atoms with E-state index in [4.69, 9.17) is 0 Å². The summed E-state index contributed by atoms with van der Waals surface area (Å²) in [6.45, 7) is 2.75. The highest BCUT2D eigenvalue weighted by Gasteiger charge is 2.30. The molecule has 1 unspecified atom stereocenters. The minimum absolute atomic E-state index is 0.268. The maximum atomic E-state index is 12.6. The lowest BCUT2D eigenvalue weighted by molar-refractivity contribution is -0.137. The normalized spacial score (nSPS) is 13.4. The van der Waals surface area contributed by atoms with Gasteiger partial charge in [0.25, 0.3) is 0 Å². The van der Waals surface area contributed by atoms with Gasteiger partial charge in [-0.05, 0) is 30.7 Å². The molecule has 2 rings (SSSR count). The highest BCUT2D eigenvalue weighted by molar-refractivity contribution is 5.30. The molecule has 0 bridgehead atoms.